The van der Waals surface area contributed by atoms with Crippen LogP contribution < -0.4 is 0 Å². The number of hydrogen-bond donors (Lipinski definition) is 3. The van der Waals surface area contributed by atoms with Crippen LogP contribution in [0.1, 0.15) is 13.3 Å². The summed E-state index contributed by atoms with van der Waals surface area (Å²) in [5.74, 6) is 0. The van der Waals surface area contributed by atoms with Crippen LogP contribution in [0, 0.1) is 0 Å². The molecule has 0 rings (SSSR count). The Labute approximate surface area is 59.6 Å². The molecule has 0 aliphatic heterocycles. The summed E-state index contributed by atoms with van der Waals surface area (Å²) in [6, 6.07) is 0. The summed E-state index contributed by atoms with van der Waals surface area (Å²) in [5.41, 5.74) is 0. The maximum absolute atomic E-state index is 8.18. The first-order chi connectivity index (χ1) is 3.56. The Balaban J connectivity index is 0. The second-order valence-corrected chi connectivity index (χ2v) is 2.86. The molecule has 0 aromatic heterocycles. The van der Waals surface area contributed by atoms with Crippen molar-refractivity contribution < 1.29 is 18.8 Å². The minimum Gasteiger partial charge on any atom is -0.368 e. The standard InChI is InChI=1S/C3H10O4Si.H4Si/c1-2-3-7-8(4,5)6;/h4-6H,2-3H2,1H3;1H4. The molecule has 0 aromatic carbocycles. The van der Waals surface area contributed by atoms with Crippen molar-refractivity contribution >= 4 is 20.0 Å². The molecule has 0 saturated heterocycles. The summed E-state index contributed by atoms with van der Waals surface area (Å²) in [5, 5.41) is 0. The highest BCUT2D eigenvalue weighted by Gasteiger charge is 2.29. The normalized spacial score (nSPS) is 10.7. The van der Waals surface area contributed by atoms with Gasteiger partial charge in [-0.1, -0.05) is 6.92 Å². The van der Waals surface area contributed by atoms with Crippen LogP contribution in [0.15, 0.2) is 0 Å². The Morgan fingerprint density at radius 1 is 1.33 bits per heavy atom. The lowest BCUT2D eigenvalue weighted by molar-refractivity contribution is 0.0636. The molecule has 0 fully saturated rings. The van der Waals surface area contributed by atoms with Crippen molar-refractivity contribution in [3.8, 4) is 0 Å². The predicted octanol–water partition coefficient (Wildman–Crippen LogP) is -2.63. The molecule has 0 spiro atoms. The molecule has 0 bridgehead atoms. The number of hydrogen-bond acceptors (Lipinski definition) is 4. The molecule has 0 atom stereocenters. The molecule has 58 valence electrons. The third-order valence-electron chi connectivity index (χ3n) is 0.500. The molecule has 3 N–H and O–H groups in total. The van der Waals surface area contributed by atoms with Gasteiger partial charge in [0.05, 0.1) is 0 Å². The largest absolute Gasteiger partial charge is 0.671 e. The van der Waals surface area contributed by atoms with Crippen LogP contribution in [0.4, 0.5) is 0 Å². The van der Waals surface area contributed by atoms with Crippen LogP contribution in [0.3, 0.4) is 0 Å². The first-order valence-electron chi connectivity index (χ1n) is 2.37. The zero-order valence-corrected chi connectivity index (χ0v) is 5.66. The van der Waals surface area contributed by atoms with Crippen molar-refractivity contribution in [2.45, 2.75) is 13.3 Å². The molecule has 4 nitrogen and oxygen atoms in total. The van der Waals surface area contributed by atoms with Gasteiger partial charge in [-0.15, -0.1) is 0 Å². The smallest absolute Gasteiger partial charge is 0.368 e. The molecule has 0 unspecified atom stereocenters. The molecule has 0 aromatic rings. The van der Waals surface area contributed by atoms with Crippen molar-refractivity contribution in [1.29, 1.82) is 0 Å². The van der Waals surface area contributed by atoms with Crippen molar-refractivity contribution in [3.63, 3.8) is 0 Å². The highest BCUT2D eigenvalue weighted by molar-refractivity contribution is 6.48. The third kappa shape index (κ3) is 11.7. The minimum absolute atomic E-state index is 0. The lowest BCUT2D eigenvalue weighted by atomic mass is 10.5. The molecule has 6 heteroatoms. The topological polar surface area (TPSA) is 69.9 Å². The SMILES string of the molecule is CCCO[Si](O)(O)O.[SiH4]. The summed E-state index contributed by atoms with van der Waals surface area (Å²) in [4.78, 5) is 24.5. The summed E-state index contributed by atoms with van der Waals surface area (Å²) >= 11 is 0. The van der Waals surface area contributed by atoms with E-state index in [0.717, 1.165) is 0 Å². The zero-order chi connectivity index (χ0) is 6.62. The first kappa shape index (κ1) is 12.0. The van der Waals surface area contributed by atoms with E-state index < -0.39 is 9.05 Å². The fourth-order valence-corrected chi connectivity index (χ4v) is 0.717. The van der Waals surface area contributed by atoms with Gasteiger partial charge in [-0.2, -0.15) is 0 Å². The second-order valence-electron chi connectivity index (χ2n) is 1.42. The van der Waals surface area contributed by atoms with E-state index in [1.807, 2.05) is 0 Å². The Morgan fingerprint density at radius 3 is 1.89 bits per heavy atom. The van der Waals surface area contributed by atoms with Crippen LogP contribution in [0.5, 0.6) is 0 Å². The third-order valence-corrected chi connectivity index (χ3v) is 1.09. The van der Waals surface area contributed by atoms with Gasteiger partial charge in [0, 0.05) is 6.61 Å². The monoisotopic (exact) mass is 170 g/mol. The van der Waals surface area contributed by atoms with Crippen molar-refractivity contribution in [2.75, 3.05) is 6.61 Å². The van der Waals surface area contributed by atoms with Crippen LogP contribution in [-0.2, 0) is 4.43 Å². The van der Waals surface area contributed by atoms with Gasteiger partial charge in [-0.05, 0) is 17.4 Å². The van der Waals surface area contributed by atoms with Gasteiger partial charge in [-0.25, -0.2) is 0 Å². The Hall–Kier alpha value is 0.274. The number of rotatable bonds is 3. The van der Waals surface area contributed by atoms with Gasteiger partial charge in [0.1, 0.15) is 0 Å². The zero-order valence-electron chi connectivity index (χ0n) is 4.66. The second kappa shape index (κ2) is 5.09. The fourth-order valence-electron chi connectivity index (χ4n) is 0.239. The van der Waals surface area contributed by atoms with E-state index in [2.05, 4.69) is 4.43 Å². The van der Waals surface area contributed by atoms with E-state index in [-0.39, 0.29) is 17.6 Å². The van der Waals surface area contributed by atoms with Crippen molar-refractivity contribution in [2.24, 2.45) is 0 Å². The summed E-state index contributed by atoms with van der Waals surface area (Å²) in [6.07, 6.45) is 0.663. The highest BCUT2D eigenvalue weighted by Crippen LogP contribution is 1.89. The molecule has 0 heterocycles. The van der Waals surface area contributed by atoms with Crippen molar-refractivity contribution in [3.05, 3.63) is 0 Å². The van der Waals surface area contributed by atoms with E-state index in [1.54, 1.807) is 6.92 Å². The molecule has 0 aliphatic carbocycles. The van der Waals surface area contributed by atoms with E-state index in [1.165, 1.54) is 0 Å². The summed E-state index contributed by atoms with van der Waals surface area (Å²) in [7, 11) is -4.18. The van der Waals surface area contributed by atoms with E-state index >= 15 is 0 Å². The molecule has 9 heavy (non-hydrogen) atoms. The Morgan fingerprint density at radius 2 is 1.78 bits per heavy atom. The van der Waals surface area contributed by atoms with Gasteiger partial charge in [0.25, 0.3) is 0 Å². The van der Waals surface area contributed by atoms with Gasteiger partial charge in [-0.3, -0.25) is 0 Å². The van der Waals surface area contributed by atoms with Crippen LogP contribution >= 0.6 is 0 Å². The fraction of sp³-hybridized carbons (Fsp3) is 1.00. The minimum atomic E-state index is -4.18. The molecule has 0 amide bonds. The predicted molar refractivity (Wildman–Crippen MR) is 40.0 cm³/mol. The highest BCUT2D eigenvalue weighted by atomic mass is 28.4. The lowest BCUT2D eigenvalue weighted by Crippen LogP contribution is -2.39. The van der Waals surface area contributed by atoms with Crippen LogP contribution in [-0.4, -0.2) is 41.0 Å². The van der Waals surface area contributed by atoms with E-state index in [0.29, 0.717) is 6.42 Å². The van der Waals surface area contributed by atoms with Gasteiger partial charge < -0.3 is 18.8 Å². The van der Waals surface area contributed by atoms with Gasteiger partial charge in [0.15, 0.2) is 0 Å². The molecular formula is C3H14O4Si2. The summed E-state index contributed by atoms with van der Waals surface area (Å²) in [6.45, 7) is 2.00. The Kier molecular flexibility index (Phi) is 6.79. The molecule has 0 radical (unpaired) electrons. The van der Waals surface area contributed by atoms with Crippen LogP contribution in [0.2, 0.25) is 0 Å². The maximum Gasteiger partial charge on any atom is 0.671 e. The first-order valence-corrected chi connectivity index (χ1v) is 4.12. The average Bonchev–Trinajstić information content (AvgIpc) is 1.59. The maximum atomic E-state index is 8.18. The van der Waals surface area contributed by atoms with Crippen molar-refractivity contribution in [1.82, 2.24) is 0 Å². The average molecular weight is 170 g/mol. The molecule has 0 saturated carbocycles. The van der Waals surface area contributed by atoms with Gasteiger partial charge >= 0.3 is 9.05 Å². The van der Waals surface area contributed by atoms with Gasteiger partial charge in [0.2, 0.25) is 0 Å². The van der Waals surface area contributed by atoms with Crippen LogP contribution in [0.25, 0.3) is 0 Å². The Bertz CT molecular complexity index is 61.3. The lowest BCUT2D eigenvalue weighted by Gasteiger charge is -2.07. The van der Waals surface area contributed by atoms with E-state index in [4.69, 9.17) is 14.4 Å². The molecular weight excluding hydrogens is 156 g/mol. The quantitative estimate of drug-likeness (QED) is 0.405. The molecule has 0 aliphatic rings. The van der Waals surface area contributed by atoms with E-state index in [9.17, 15) is 0 Å². The summed E-state index contributed by atoms with van der Waals surface area (Å²) < 4.78 is 4.18.